The summed E-state index contributed by atoms with van der Waals surface area (Å²) in [4.78, 5) is 28.4. The molecule has 1 N–H and O–H groups in total. The van der Waals surface area contributed by atoms with E-state index in [1.807, 2.05) is 63.2 Å². The van der Waals surface area contributed by atoms with Crippen LogP contribution in [0.3, 0.4) is 0 Å². The van der Waals surface area contributed by atoms with Crippen molar-refractivity contribution < 1.29 is 4.79 Å². The van der Waals surface area contributed by atoms with E-state index in [0.717, 1.165) is 26.9 Å². The van der Waals surface area contributed by atoms with Crippen LogP contribution >= 0.6 is 0 Å². The summed E-state index contributed by atoms with van der Waals surface area (Å²) in [7, 11) is 0. The summed E-state index contributed by atoms with van der Waals surface area (Å²) in [5, 5.41) is 6.86. The molecule has 0 unspecified atom stereocenters. The highest BCUT2D eigenvalue weighted by molar-refractivity contribution is 5.90. The van der Waals surface area contributed by atoms with Crippen LogP contribution in [-0.4, -0.2) is 20.7 Å². The third-order valence-corrected chi connectivity index (χ3v) is 3.90. The Hall–Kier alpha value is -3.28. The van der Waals surface area contributed by atoms with Gasteiger partial charge in [0.15, 0.2) is 0 Å². The second-order valence-corrected chi connectivity index (χ2v) is 6.37. The van der Waals surface area contributed by atoms with E-state index < -0.39 is 5.69 Å². The Bertz CT molecular complexity index is 987. The molecule has 6 heteroatoms. The van der Waals surface area contributed by atoms with Crippen LogP contribution in [-0.2, 0) is 11.3 Å². The summed E-state index contributed by atoms with van der Waals surface area (Å²) >= 11 is 0. The number of carbonyl (C=O) groups excluding carboxylic acids is 1. The SMILES string of the molecule is Cc1ccc(-c2cnn(CC(=O)Nc3cc(C)cc(C)c3)c(=O)n2)cc1. The lowest BCUT2D eigenvalue weighted by Gasteiger charge is -2.08. The lowest BCUT2D eigenvalue weighted by molar-refractivity contribution is -0.117. The molecule has 0 aliphatic carbocycles. The molecule has 1 amide bonds. The van der Waals surface area contributed by atoms with E-state index in [9.17, 15) is 9.59 Å². The first-order chi connectivity index (χ1) is 12.4. The number of amides is 1. The highest BCUT2D eigenvalue weighted by Crippen LogP contribution is 2.15. The Labute approximate surface area is 151 Å². The largest absolute Gasteiger partial charge is 0.365 e. The minimum absolute atomic E-state index is 0.187. The van der Waals surface area contributed by atoms with Gasteiger partial charge in [-0.15, -0.1) is 0 Å². The molecule has 0 atom stereocenters. The van der Waals surface area contributed by atoms with Gasteiger partial charge >= 0.3 is 5.69 Å². The molecule has 3 rings (SSSR count). The van der Waals surface area contributed by atoms with E-state index in [4.69, 9.17) is 0 Å². The second kappa shape index (κ2) is 7.31. The number of rotatable bonds is 4. The van der Waals surface area contributed by atoms with Crippen molar-refractivity contribution in [3.05, 3.63) is 75.8 Å². The fourth-order valence-electron chi connectivity index (χ4n) is 2.72. The maximum absolute atomic E-state index is 12.2. The fraction of sp³-hybridized carbons (Fsp3) is 0.200. The van der Waals surface area contributed by atoms with Crippen LogP contribution in [0.4, 0.5) is 5.69 Å². The van der Waals surface area contributed by atoms with Gasteiger partial charge in [0.25, 0.3) is 0 Å². The summed E-state index contributed by atoms with van der Waals surface area (Å²) in [6, 6.07) is 13.4. The van der Waals surface area contributed by atoms with E-state index in [2.05, 4.69) is 15.4 Å². The van der Waals surface area contributed by atoms with Crippen LogP contribution in [0.15, 0.2) is 53.5 Å². The number of nitrogens with one attached hydrogen (secondary N) is 1. The van der Waals surface area contributed by atoms with Crippen LogP contribution < -0.4 is 11.0 Å². The molecule has 3 aromatic rings. The monoisotopic (exact) mass is 348 g/mol. The second-order valence-electron chi connectivity index (χ2n) is 6.37. The van der Waals surface area contributed by atoms with Crippen molar-refractivity contribution in [3.8, 4) is 11.3 Å². The Kier molecular flexibility index (Phi) is 4.93. The predicted molar refractivity (Wildman–Crippen MR) is 101 cm³/mol. The predicted octanol–water partition coefficient (Wildman–Crippen LogP) is 2.87. The summed E-state index contributed by atoms with van der Waals surface area (Å²) in [5.41, 5.74) is 4.67. The maximum Gasteiger partial charge on any atom is 0.365 e. The Morgan fingerprint density at radius 1 is 1.00 bits per heavy atom. The number of nitrogens with zero attached hydrogens (tertiary/aromatic N) is 3. The van der Waals surface area contributed by atoms with E-state index >= 15 is 0 Å². The third-order valence-electron chi connectivity index (χ3n) is 3.90. The van der Waals surface area contributed by atoms with Gasteiger partial charge in [-0.1, -0.05) is 35.9 Å². The standard InChI is InChI=1S/C20H20N4O2/c1-13-4-6-16(7-5-13)18-11-21-24(20(26)23-18)12-19(25)22-17-9-14(2)8-15(3)10-17/h4-11H,12H2,1-3H3,(H,22,25). The average molecular weight is 348 g/mol. The van der Waals surface area contributed by atoms with E-state index in [1.165, 1.54) is 6.20 Å². The molecule has 0 saturated carbocycles. The first kappa shape index (κ1) is 17.5. The van der Waals surface area contributed by atoms with Crippen molar-refractivity contribution in [2.24, 2.45) is 0 Å². The Morgan fingerprint density at radius 3 is 2.27 bits per heavy atom. The van der Waals surface area contributed by atoms with Crippen molar-refractivity contribution in [2.45, 2.75) is 27.3 Å². The van der Waals surface area contributed by atoms with Crippen LogP contribution in [0.25, 0.3) is 11.3 Å². The number of benzene rings is 2. The molecule has 0 aliphatic heterocycles. The average Bonchev–Trinajstić information content (AvgIpc) is 2.56. The zero-order valence-corrected chi connectivity index (χ0v) is 15.0. The minimum Gasteiger partial charge on any atom is -0.324 e. The molecular formula is C20H20N4O2. The van der Waals surface area contributed by atoms with E-state index in [-0.39, 0.29) is 12.5 Å². The van der Waals surface area contributed by atoms with Gasteiger partial charge < -0.3 is 5.32 Å². The third kappa shape index (κ3) is 4.22. The molecule has 0 bridgehead atoms. The smallest absolute Gasteiger partial charge is 0.324 e. The zero-order valence-electron chi connectivity index (χ0n) is 15.0. The normalized spacial score (nSPS) is 10.6. The number of hydrogen-bond donors (Lipinski definition) is 1. The Morgan fingerprint density at radius 2 is 1.65 bits per heavy atom. The minimum atomic E-state index is -0.557. The van der Waals surface area contributed by atoms with Gasteiger partial charge in [0.1, 0.15) is 6.54 Å². The highest BCUT2D eigenvalue weighted by atomic mass is 16.2. The van der Waals surface area contributed by atoms with Gasteiger partial charge in [-0.3, -0.25) is 4.79 Å². The fourth-order valence-corrected chi connectivity index (χ4v) is 2.72. The lowest BCUT2D eigenvalue weighted by atomic mass is 10.1. The number of carbonyl (C=O) groups is 1. The molecule has 132 valence electrons. The molecule has 26 heavy (non-hydrogen) atoms. The number of aryl methyl sites for hydroxylation is 3. The highest BCUT2D eigenvalue weighted by Gasteiger charge is 2.09. The van der Waals surface area contributed by atoms with Gasteiger partial charge in [0.2, 0.25) is 5.91 Å². The van der Waals surface area contributed by atoms with Crippen molar-refractivity contribution in [1.82, 2.24) is 14.8 Å². The molecule has 6 nitrogen and oxygen atoms in total. The molecule has 0 radical (unpaired) electrons. The van der Waals surface area contributed by atoms with Crippen LogP contribution in [0.2, 0.25) is 0 Å². The Balaban J connectivity index is 1.74. The number of aromatic nitrogens is 3. The quantitative estimate of drug-likeness (QED) is 0.786. The van der Waals surface area contributed by atoms with Crippen LogP contribution in [0.1, 0.15) is 16.7 Å². The summed E-state index contributed by atoms with van der Waals surface area (Å²) in [5.74, 6) is -0.325. The summed E-state index contributed by atoms with van der Waals surface area (Å²) in [6.45, 7) is 5.72. The molecule has 0 spiro atoms. The van der Waals surface area contributed by atoms with Gasteiger partial charge in [-0.05, 0) is 44.0 Å². The first-order valence-electron chi connectivity index (χ1n) is 8.30. The van der Waals surface area contributed by atoms with Crippen molar-refractivity contribution >= 4 is 11.6 Å². The van der Waals surface area contributed by atoms with Crippen molar-refractivity contribution in [2.75, 3.05) is 5.32 Å². The lowest BCUT2D eigenvalue weighted by Crippen LogP contribution is -2.31. The summed E-state index contributed by atoms with van der Waals surface area (Å²) < 4.78 is 1.05. The zero-order chi connectivity index (χ0) is 18.7. The number of hydrogen-bond acceptors (Lipinski definition) is 4. The van der Waals surface area contributed by atoms with Gasteiger partial charge in [-0.2, -0.15) is 10.1 Å². The van der Waals surface area contributed by atoms with Crippen molar-refractivity contribution in [1.29, 1.82) is 0 Å². The maximum atomic E-state index is 12.2. The van der Waals surface area contributed by atoms with Crippen LogP contribution in [0.5, 0.6) is 0 Å². The molecule has 0 saturated heterocycles. The first-order valence-corrected chi connectivity index (χ1v) is 8.30. The van der Waals surface area contributed by atoms with E-state index in [1.54, 1.807) is 0 Å². The molecule has 2 aromatic carbocycles. The topological polar surface area (TPSA) is 76.9 Å². The van der Waals surface area contributed by atoms with Crippen molar-refractivity contribution in [3.63, 3.8) is 0 Å². The van der Waals surface area contributed by atoms with Gasteiger partial charge in [0, 0.05) is 11.3 Å². The molecular weight excluding hydrogens is 328 g/mol. The molecule has 0 aliphatic rings. The summed E-state index contributed by atoms with van der Waals surface area (Å²) in [6.07, 6.45) is 1.50. The van der Waals surface area contributed by atoms with E-state index in [0.29, 0.717) is 11.4 Å². The molecule has 0 fully saturated rings. The number of anilines is 1. The van der Waals surface area contributed by atoms with Gasteiger partial charge in [-0.25, -0.2) is 9.48 Å². The van der Waals surface area contributed by atoms with Gasteiger partial charge in [0.05, 0.1) is 11.9 Å². The molecule has 1 aromatic heterocycles. The molecule has 1 heterocycles. The van der Waals surface area contributed by atoms with Crippen LogP contribution in [0, 0.1) is 20.8 Å².